The fraction of sp³-hybridized carbons (Fsp3) is 0.359. The molecule has 1 saturated heterocycles. The number of ether oxygens (including phenoxy) is 2. The molecule has 2 aromatic carbocycles. The van der Waals surface area contributed by atoms with Gasteiger partial charge in [-0.2, -0.15) is 5.10 Å². The van der Waals surface area contributed by atoms with Gasteiger partial charge in [-0.1, -0.05) is 59.6 Å². The number of aromatic nitrogens is 4. The third kappa shape index (κ3) is 8.62. The molecule has 1 aliphatic rings. The number of hydrogen-bond acceptors (Lipinski definition) is 9. The van der Waals surface area contributed by atoms with E-state index in [9.17, 15) is 14.4 Å². The van der Waals surface area contributed by atoms with Gasteiger partial charge in [0, 0.05) is 72.7 Å². The molecule has 2 amide bonds. The predicted octanol–water partition coefficient (Wildman–Crippen LogP) is 5.98. The van der Waals surface area contributed by atoms with Crippen molar-refractivity contribution < 1.29 is 28.6 Å². The molecular formula is C39H42Cl2FN7O6. The molecule has 1 atom stereocenters. The van der Waals surface area contributed by atoms with Crippen molar-refractivity contribution in [3.8, 4) is 39.4 Å². The fourth-order valence-corrected chi connectivity index (χ4v) is 7.09. The number of hydrogen-bond donors (Lipinski definition) is 3. The number of aliphatic hydroxyl groups excluding tert-OH is 1. The second-order valence-corrected chi connectivity index (χ2v) is 15.0. The van der Waals surface area contributed by atoms with Crippen molar-refractivity contribution in [2.24, 2.45) is 7.05 Å². The summed E-state index contributed by atoms with van der Waals surface area (Å²) in [5.41, 5.74) is 2.37. The molecule has 1 fully saturated rings. The van der Waals surface area contributed by atoms with Crippen LogP contribution < -0.4 is 20.9 Å². The number of aliphatic hydroxyl groups is 1. The van der Waals surface area contributed by atoms with Crippen molar-refractivity contribution in [1.82, 2.24) is 34.7 Å². The molecule has 5 aromatic rings. The minimum Gasteiger partial charge on any atom is -0.481 e. The number of carbonyl (C=O) groups excluding carboxylic acids is 2. The van der Waals surface area contributed by atoms with Crippen LogP contribution in [-0.2, 0) is 29.7 Å². The van der Waals surface area contributed by atoms with E-state index in [1.165, 1.54) is 27.2 Å². The molecule has 6 rings (SSSR count). The summed E-state index contributed by atoms with van der Waals surface area (Å²) < 4.78 is 30.3. The second-order valence-electron chi connectivity index (χ2n) is 14.2. The van der Waals surface area contributed by atoms with Gasteiger partial charge < -0.3 is 30.1 Å². The standard InChI is InChI=1S/C39H42Cl2FN7O6/c1-39(2,3)55-38(53)48(20-23-12-13-33(51)44-23)21-28-29(42)17-30(45-36(28)54-5)27-11-7-10-26(35(27)41)25-9-6-8-24(34(25)40)22-16-31-37(52)47(4)32(18-43-14-15-50)46-49(31)19-22/h6-11,16-17,19,23,43,50H,12-15,18,20-21H2,1-5H3,(H,44,51)/t23-/m0/s1. The summed E-state index contributed by atoms with van der Waals surface area (Å²) in [4.78, 5) is 44.3. The molecule has 0 aliphatic carbocycles. The number of nitrogens with one attached hydrogen (secondary N) is 2. The molecule has 55 heavy (non-hydrogen) atoms. The van der Waals surface area contributed by atoms with E-state index in [4.69, 9.17) is 37.8 Å². The number of amides is 2. The molecule has 13 nitrogen and oxygen atoms in total. The molecule has 3 aromatic heterocycles. The summed E-state index contributed by atoms with van der Waals surface area (Å²) >= 11 is 14.1. The maximum Gasteiger partial charge on any atom is 0.410 e. The molecule has 3 N–H and O–H groups in total. The smallest absolute Gasteiger partial charge is 0.410 e. The normalized spacial score (nSPS) is 14.3. The lowest BCUT2D eigenvalue weighted by molar-refractivity contribution is -0.119. The first-order valence-electron chi connectivity index (χ1n) is 17.7. The molecular weight excluding hydrogens is 752 g/mol. The molecule has 0 spiro atoms. The highest BCUT2D eigenvalue weighted by Gasteiger charge is 2.31. The van der Waals surface area contributed by atoms with Crippen molar-refractivity contribution in [3.63, 3.8) is 0 Å². The molecule has 0 bridgehead atoms. The van der Waals surface area contributed by atoms with Crippen molar-refractivity contribution >= 4 is 40.7 Å². The maximum absolute atomic E-state index is 16.1. The molecule has 1 aliphatic heterocycles. The number of fused-ring (bicyclic) bond motifs is 1. The Morgan fingerprint density at radius 3 is 2.40 bits per heavy atom. The SMILES string of the molecule is COc1nc(-c2cccc(-c3cccc(-c4cc5c(=O)n(C)c(CNCCO)nn5c4)c3Cl)c2Cl)cc(F)c1CN(C[C@@H]1CCC(=O)N1)C(=O)OC(C)(C)C. The van der Waals surface area contributed by atoms with Crippen LogP contribution in [0.2, 0.25) is 10.0 Å². The first-order valence-corrected chi connectivity index (χ1v) is 18.4. The quantitative estimate of drug-likeness (QED) is 0.130. The first kappa shape index (κ1) is 39.7. The highest BCUT2D eigenvalue weighted by molar-refractivity contribution is 6.39. The first-order chi connectivity index (χ1) is 26.2. The van der Waals surface area contributed by atoms with E-state index in [-0.39, 0.29) is 59.4 Å². The Balaban J connectivity index is 1.33. The number of rotatable bonds is 12. The molecule has 290 valence electrons. The van der Waals surface area contributed by atoms with Crippen LogP contribution in [0.4, 0.5) is 9.18 Å². The Morgan fingerprint density at radius 1 is 1.09 bits per heavy atom. The van der Waals surface area contributed by atoms with Gasteiger partial charge in [-0.05, 0) is 33.3 Å². The fourth-order valence-electron chi connectivity index (χ4n) is 6.43. The van der Waals surface area contributed by atoms with Gasteiger partial charge in [0.1, 0.15) is 22.8 Å². The Labute approximate surface area is 327 Å². The zero-order chi connectivity index (χ0) is 39.6. The third-order valence-electron chi connectivity index (χ3n) is 9.13. The highest BCUT2D eigenvalue weighted by atomic mass is 35.5. The summed E-state index contributed by atoms with van der Waals surface area (Å²) in [6.07, 6.45) is 1.92. The van der Waals surface area contributed by atoms with Crippen LogP contribution >= 0.6 is 23.2 Å². The van der Waals surface area contributed by atoms with E-state index in [1.807, 2.05) is 18.2 Å². The Hall–Kier alpha value is -5.02. The van der Waals surface area contributed by atoms with Crippen LogP contribution in [0.3, 0.4) is 0 Å². The van der Waals surface area contributed by atoms with Gasteiger partial charge in [0.25, 0.3) is 5.56 Å². The van der Waals surface area contributed by atoms with Crippen LogP contribution in [0, 0.1) is 5.82 Å². The lowest BCUT2D eigenvalue weighted by Crippen LogP contribution is -2.44. The summed E-state index contributed by atoms with van der Waals surface area (Å²) in [5.74, 6) is -0.351. The van der Waals surface area contributed by atoms with Gasteiger partial charge in [-0.25, -0.2) is 18.7 Å². The van der Waals surface area contributed by atoms with E-state index >= 15 is 4.39 Å². The number of halogens is 3. The van der Waals surface area contributed by atoms with Crippen LogP contribution in [0.5, 0.6) is 5.88 Å². The topological polar surface area (TPSA) is 152 Å². The largest absolute Gasteiger partial charge is 0.481 e. The molecule has 4 heterocycles. The predicted molar refractivity (Wildman–Crippen MR) is 208 cm³/mol. The van der Waals surface area contributed by atoms with Crippen molar-refractivity contribution in [3.05, 3.63) is 92.3 Å². The Kier molecular flexibility index (Phi) is 11.8. The van der Waals surface area contributed by atoms with Gasteiger partial charge in [-0.15, -0.1) is 0 Å². The van der Waals surface area contributed by atoms with Gasteiger partial charge in [0.15, 0.2) is 0 Å². The summed E-state index contributed by atoms with van der Waals surface area (Å²) in [6, 6.07) is 13.4. The summed E-state index contributed by atoms with van der Waals surface area (Å²) in [5, 5.41) is 20.2. The van der Waals surface area contributed by atoms with Gasteiger partial charge in [0.05, 0.1) is 48.1 Å². The van der Waals surface area contributed by atoms with Crippen molar-refractivity contribution in [2.45, 2.75) is 58.3 Å². The number of nitrogens with zero attached hydrogens (tertiary/aromatic N) is 5. The second kappa shape index (κ2) is 16.4. The molecule has 0 saturated carbocycles. The summed E-state index contributed by atoms with van der Waals surface area (Å²) in [7, 11) is 3.00. The number of pyridine rings is 1. The van der Waals surface area contributed by atoms with E-state index in [1.54, 1.807) is 58.3 Å². The van der Waals surface area contributed by atoms with Crippen LogP contribution in [-0.4, -0.2) is 79.6 Å². The summed E-state index contributed by atoms with van der Waals surface area (Å²) in [6.45, 7) is 5.70. The zero-order valence-electron chi connectivity index (χ0n) is 31.1. The Morgan fingerprint density at radius 2 is 1.76 bits per heavy atom. The van der Waals surface area contributed by atoms with Crippen LogP contribution in [0.15, 0.2) is 59.5 Å². The monoisotopic (exact) mass is 793 g/mol. The highest BCUT2D eigenvalue weighted by Crippen LogP contribution is 2.43. The molecule has 0 radical (unpaired) electrons. The van der Waals surface area contributed by atoms with Gasteiger partial charge >= 0.3 is 6.09 Å². The van der Waals surface area contributed by atoms with Crippen molar-refractivity contribution in [1.29, 1.82) is 0 Å². The number of methoxy groups -OCH3 is 1. The lowest BCUT2D eigenvalue weighted by atomic mass is 9.97. The minimum absolute atomic E-state index is 0.0299. The number of benzene rings is 2. The average Bonchev–Trinajstić information content (AvgIpc) is 3.76. The third-order valence-corrected chi connectivity index (χ3v) is 9.95. The van der Waals surface area contributed by atoms with Gasteiger partial charge in [0.2, 0.25) is 11.8 Å². The van der Waals surface area contributed by atoms with E-state index in [0.29, 0.717) is 70.1 Å². The van der Waals surface area contributed by atoms with Crippen LogP contribution in [0.25, 0.3) is 39.0 Å². The van der Waals surface area contributed by atoms with E-state index in [0.717, 1.165) is 0 Å². The minimum atomic E-state index is -0.807. The van der Waals surface area contributed by atoms with Crippen LogP contribution in [0.1, 0.15) is 45.0 Å². The number of carbonyl (C=O) groups is 2. The lowest BCUT2D eigenvalue weighted by Gasteiger charge is -2.29. The Bertz CT molecular complexity index is 2320. The van der Waals surface area contributed by atoms with Crippen molar-refractivity contribution in [2.75, 3.05) is 26.8 Å². The van der Waals surface area contributed by atoms with E-state index in [2.05, 4.69) is 20.7 Å². The van der Waals surface area contributed by atoms with Gasteiger partial charge in [-0.3, -0.25) is 14.2 Å². The average molecular weight is 795 g/mol. The van der Waals surface area contributed by atoms with E-state index < -0.39 is 17.5 Å². The molecule has 16 heteroatoms. The maximum atomic E-state index is 16.1. The molecule has 0 unspecified atom stereocenters. The zero-order valence-corrected chi connectivity index (χ0v) is 32.6.